The van der Waals surface area contributed by atoms with Crippen LogP contribution in [0.2, 0.25) is 0 Å². The van der Waals surface area contributed by atoms with Gasteiger partial charge in [-0.2, -0.15) is 0 Å². The first-order valence-electron chi connectivity index (χ1n) is 7.27. The van der Waals surface area contributed by atoms with E-state index in [0.29, 0.717) is 0 Å². The van der Waals surface area contributed by atoms with Crippen LogP contribution in [0.25, 0.3) is 0 Å². The summed E-state index contributed by atoms with van der Waals surface area (Å²) >= 11 is 3.39. The molecule has 0 fully saturated rings. The highest BCUT2D eigenvalue weighted by Gasteiger charge is 2.30. The second-order valence-electron chi connectivity index (χ2n) is 6.42. The maximum Gasteiger partial charge on any atom is 0.320 e. The minimum absolute atomic E-state index is 0.175. The number of carbonyl (C=O) groups excluding carboxylic acids is 1. The first-order valence-corrected chi connectivity index (χ1v) is 8.19. The summed E-state index contributed by atoms with van der Waals surface area (Å²) in [5.74, 6) is 0.613. The predicted octanol–water partition coefficient (Wildman–Crippen LogP) is 4.72. The zero-order valence-electron chi connectivity index (χ0n) is 13.1. The van der Waals surface area contributed by atoms with Gasteiger partial charge in [0.25, 0.3) is 0 Å². The Kier molecular flexibility index (Phi) is 5.46. The largest absolute Gasteiger partial charge is 0.469 e. The van der Waals surface area contributed by atoms with Crippen molar-refractivity contribution in [3.05, 3.63) is 59.5 Å². The normalized spacial score (nSPS) is 12.9. The molecule has 0 aliphatic rings. The Bertz CT molecular complexity index is 611. The van der Waals surface area contributed by atoms with E-state index in [1.807, 2.05) is 45.0 Å². The van der Waals surface area contributed by atoms with Gasteiger partial charge in [0.1, 0.15) is 17.2 Å². The molecule has 0 saturated carbocycles. The number of carbonyl (C=O) groups is 1. The van der Waals surface area contributed by atoms with Crippen molar-refractivity contribution in [2.24, 2.45) is 5.41 Å². The van der Waals surface area contributed by atoms with Crippen molar-refractivity contribution < 1.29 is 13.9 Å². The van der Waals surface area contributed by atoms with Gasteiger partial charge in [0.05, 0.1) is 6.26 Å². The molecule has 22 heavy (non-hydrogen) atoms. The molecule has 0 aliphatic carbocycles. The molecule has 0 saturated heterocycles. The summed E-state index contributed by atoms with van der Waals surface area (Å²) in [4.78, 5) is 11.6. The fourth-order valence-electron chi connectivity index (χ4n) is 1.97. The van der Waals surface area contributed by atoms with E-state index in [1.165, 1.54) is 5.56 Å². The molecule has 118 valence electrons. The van der Waals surface area contributed by atoms with Crippen LogP contribution in [0.3, 0.4) is 0 Å². The quantitative estimate of drug-likeness (QED) is 0.568. The lowest BCUT2D eigenvalue weighted by molar-refractivity contribution is -0.146. The van der Waals surface area contributed by atoms with Crippen molar-refractivity contribution in [2.45, 2.75) is 38.6 Å². The summed E-state index contributed by atoms with van der Waals surface area (Å²) in [7, 11) is 0. The first kappa shape index (κ1) is 16.8. The van der Waals surface area contributed by atoms with Crippen LogP contribution in [-0.2, 0) is 22.6 Å². The van der Waals surface area contributed by atoms with Crippen LogP contribution in [0.15, 0.2) is 47.1 Å². The lowest BCUT2D eigenvalue weighted by atomic mass is 9.92. The van der Waals surface area contributed by atoms with Gasteiger partial charge in [0, 0.05) is 12.0 Å². The molecule has 0 amide bonds. The Morgan fingerprint density at radius 3 is 2.55 bits per heavy atom. The zero-order valence-corrected chi connectivity index (χ0v) is 14.7. The number of rotatable bonds is 5. The number of hydrogen-bond acceptors (Lipinski definition) is 3. The molecule has 0 bridgehead atoms. The molecule has 0 radical (unpaired) electrons. The topological polar surface area (TPSA) is 39.4 Å². The van der Waals surface area contributed by atoms with E-state index >= 15 is 0 Å². The average Bonchev–Trinajstić information content (AvgIpc) is 2.91. The van der Waals surface area contributed by atoms with E-state index in [0.717, 1.165) is 17.7 Å². The molecule has 1 unspecified atom stereocenters. The molecule has 1 heterocycles. The van der Waals surface area contributed by atoms with Crippen LogP contribution in [0.1, 0.15) is 37.7 Å². The summed E-state index contributed by atoms with van der Waals surface area (Å²) in [6, 6.07) is 12.0. The van der Waals surface area contributed by atoms with E-state index in [4.69, 9.17) is 9.15 Å². The van der Waals surface area contributed by atoms with Crippen molar-refractivity contribution >= 4 is 21.9 Å². The number of benzene rings is 1. The van der Waals surface area contributed by atoms with Crippen LogP contribution < -0.4 is 0 Å². The fraction of sp³-hybridized carbons (Fsp3) is 0.389. The highest BCUT2D eigenvalue weighted by Crippen LogP contribution is 2.27. The molecule has 1 aromatic heterocycles. The highest BCUT2D eigenvalue weighted by molar-refractivity contribution is 9.10. The van der Waals surface area contributed by atoms with Gasteiger partial charge in [-0.1, -0.05) is 67.0 Å². The number of esters is 1. The van der Waals surface area contributed by atoms with Crippen LogP contribution in [0, 0.1) is 5.41 Å². The van der Waals surface area contributed by atoms with E-state index in [1.54, 1.807) is 6.26 Å². The second kappa shape index (κ2) is 7.14. The lowest BCUT2D eigenvalue weighted by Gasteiger charge is -2.23. The molecule has 2 aromatic rings. The summed E-state index contributed by atoms with van der Waals surface area (Å²) in [5.41, 5.74) is 1.88. The van der Waals surface area contributed by atoms with Crippen molar-refractivity contribution in [3.8, 4) is 0 Å². The molecule has 1 atom stereocenters. The van der Waals surface area contributed by atoms with Gasteiger partial charge in [-0.05, 0) is 17.0 Å². The molecule has 0 aliphatic heterocycles. The predicted molar refractivity (Wildman–Crippen MR) is 89.9 cm³/mol. The zero-order chi connectivity index (χ0) is 16.2. The Morgan fingerprint density at radius 1 is 1.23 bits per heavy atom. The minimum Gasteiger partial charge on any atom is -0.469 e. The standard InChI is InChI=1S/C18H21BrO3/c1-18(2,3)16(19)17(20)22-12-14-10-15(21-11-14)9-13-7-5-4-6-8-13/h4-8,10-11,16H,9,12H2,1-3H3. The molecule has 0 N–H and O–H groups in total. The second-order valence-corrected chi connectivity index (χ2v) is 7.34. The van der Waals surface area contributed by atoms with Gasteiger partial charge < -0.3 is 9.15 Å². The SMILES string of the molecule is CC(C)(C)C(Br)C(=O)OCc1coc(Cc2ccccc2)c1. The maximum absolute atomic E-state index is 12.0. The summed E-state index contributed by atoms with van der Waals surface area (Å²) in [6.45, 7) is 6.20. The van der Waals surface area contributed by atoms with Crippen LogP contribution in [0.5, 0.6) is 0 Å². The Morgan fingerprint density at radius 2 is 1.91 bits per heavy atom. The van der Waals surface area contributed by atoms with Gasteiger partial charge in [0.15, 0.2) is 0 Å². The van der Waals surface area contributed by atoms with Crippen molar-refractivity contribution in [1.82, 2.24) is 0 Å². The van der Waals surface area contributed by atoms with Gasteiger partial charge in [-0.15, -0.1) is 0 Å². The number of hydrogen-bond donors (Lipinski definition) is 0. The monoisotopic (exact) mass is 364 g/mol. The van der Waals surface area contributed by atoms with Crippen molar-refractivity contribution in [1.29, 1.82) is 0 Å². The molecule has 1 aromatic carbocycles. The van der Waals surface area contributed by atoms with E-state index in [9.17, 15) is 4.79 Å². The molecule has 2 rings (SSSR count). The molecular formula is C18H21BrO3. The van der Waals surface area contributed by atoms with Crippen LogP contribution in [-0.4, -0.2) is 10.8 Å². The number of furan rings is 1. The highest BCUT2D eigenvalue weighted by atomic mass is 79.9. The first-order chi connectivity index (χ1) is 10.4. The molecule has 0 spiro atoms. The third-order valence-corrected chi connectivity index (χ3v) is 5.02. The maximum atomic E-state index is 12.0. The summed E-state index contributed by atoms with van der Waals surface area (Å²) in [6.07, 6.45) is 2.38. The Hall–Kier alpha value is -1.55. The van der Waals surface area contributed by atoms with Gasteiger partial charge in [0.2, 0.25) is 0 Å². The van der Waals surface area contributed by atoms with Crippen molar-refractivity contribution in [3.63, 3.8) is 0 Å². The van der Waals surface area contributed by atoms with Crippen LogP contribution >= 0.6 is 15.9 Å². The fourth-order valence-corrected chi connectivity index (χ4v) is 2.10. The smallest absolute Gasteiger partial charge is 0.320 e. The van der Waals surface area contributed by atoms with Crippen molar-refractivity contribution in [2.75, 3.05) is 0 Å². The third kappa shape index (κ3) is 4.73. The lowest BCUT2D eigenvalue weighted by Crippen LogP contribution is -2.30. The third-order valence-electron chi connectivity index (χ3n) is 3.28. The minimum atomic E-state index is -0.323. The molecular weight excluding hydrogens is 344 g/mol. The van der Waals surface area contributed by atoms with Gasteiger partial charge >= 0.3 is 5.97 Å². The summed E-state index contributed by atoms with van der Waals surface area (Å²) < 4.78 is 10.9. The van der Waals surface area contributed by atoms with E-state index in [2.05, 4.69) is 28.1 Å². The van der Waals surface area contributed by atoms with E-state index < -0.39 is 0 Å². The molecule has 4 heteroatoms. The molecule has 3 nitrogen and oxygen atoms in total. The Labute approximate surface area is 139 Å². The number of halogens is 1. The summed E-state index contributed by atoms with van der Waals surface area (Å²) in [5, 5.41) is 0. The number of alkyl halides is 1. The van der Waals surface area contributed by atoms with E-state index in [-0.39, 0.29) is 22.8 Å². The Balaban J connectivity index is 1.89. The van der Waals surface area contributed by atoms with Crippen LogP contribution in [0.4, 0.5) is 0 Å². The van der Waals surface area contributed by atoms with Gasteiger partial charge in [-0.25, -0.2) is 0 Å². The van der Waals surface area contributed by atoms with Gasteiger partial charge in [-0.3, -0.25) is 4.79 Å². The average molecular weight is 365 g/mol. The number of ether oxygens (including phenoxy) is 1.